The number of hydrogen-bond donors (Lipinski definition) is 3. The summed E-state index contributed by atoms with van der Waals surface area (Å²) in [7, 11) is 0. The topological polar surface area (TPSA) is 66.5 Å². The standard InChI is InChI=1S/C10H15NO2/c1-7(13)10(11)9-4-2-8(6-12)3-5-9/h2-5,7,10,12-13H,6,11H2,1H3/t7?,10-/m0/s1. The van der Waals surface area contributed by atoms with Crippen molar-refractivity contribution in [1.82, 2.24) is 0 Å². The van der Waals surface area contributed by atoms with Crippen LogP contribution < -0.4 is 5.73 Å². The molecule has 1 unspecified atom stereocenters. The van der Waals surface area contributed by atoms with Crippen molar-refractivity contribution in [3.63, 3.8) is 0 Å². The molecular formula is C10H15NO2. The van der Waals surface area contributed by atoms with Gasteiger partial charge in [0.1, 0.15) is 0 Å². The van der Waals surface area contributed by atoms with Crippen molar-refractivity contribution in [1.29, 1.82) is 0 Å². The Morgan fingerprint density at radius 1 is 1.31 bits per heavy atom. The lowest BCUT2D eigenvalue weighted by Crippen LogP contribution is -2.22. The van der Waals surface area contributed by atoms with Gasteiger partial charge in [-0.3, -0.25) is 0 Å². The minimum absolute atomic E-state index is 0.0319. The van der Waals surface area contributed by atoms with E-state index in [1.807, 2.05) is 12.1 Å². The van der Waals surface area contributed by atoms with Gasteiger partial charge in [0.25, 0.3) is 0 Å². The van der Waals surface area contributed by atoms with Crippen LogP contribution in [-0.4, -0.2) is 16.3 Å². The molecule has 0 fully saturated rings. The van der Waals surface area contributed by atoms with E-state index in [-0.39, 0.29) is 12.6 Å². The molecule has 0 heterocycles. The largest absolute Gasteiger partial charge is 0.392 e. The Hall–Kier alpha value is -0.900. The SMILES string of the molecule is CC(O)[C@H](N)c1ccc(CO)cc1. The van der Waals surface area contributed by atoms with E-state index in [4.69, 9.17) is 10.8 Å². The molecule has 0 aliphatic carbocycles. The van der Waals surface area contributed by atoms with Crippen LogP contribution in [0.3, 0.4) is 0 Å². The fourth-order valence-corrected chi connectivity index (χ4v) is 1.12. The summed E-state index contributed by atoms with van der Waals surface area (Å²) >= 11 is 0. The first kappa shape index (κ1) is 10.2. The van der Waals surface area contributed by atoms with Crippen LogP contribution in [0.4, 0.5) is 0 Å². The van der Waals surface area contributed by atoms with Gasteiger partial charge in [-0.2, -0.15) is 0 Å². The van der Waals surface area contributed by atoms with Crippen molar-refractivity contribution in [3.05, 3.63) is 35.4 Å². The molecule has 3 heteroatoms. The normalized spacial score (nSPS) is 15.4. The zero-order valence-electron chi connectivity index (χ0n) is 7.64. The molecule has 2 atom stereocenters. The highest BCUT2D eigenvalue weighted by molar-refractivity contribution is 5.24. The van der Waals surface area contributed by atoms with Crippen LogP contribution >= 0.6 is 0 Å². The van der Waals surface area contributed by atoms with E-state index in [0.717, 1.165) is 11.1 Å². The van der Waals surface area contributed by atoms with Gasteiger partial charge < -0.3 is 15.9 Å². The number of aliphatic hydroxyl groups is 2. The molecule has 0 amide bonds. The van der Waals surface area contributed by atoms with Gasteiger partial charge in [0.15, 0.2) is 0 Å². The maximum atomic E-state index is 9.23. The summed E-state index contributed by atoms with van der Waals surface area (Å²) < 4.78 is 0. The average molecular weight is 181 g/mol. The van der Waals surface area contributed by atoms with E-state index >= 15 is 0 Å². The third-order valence-corrected chi connectivity index (χ3v) is 2.07. The van der Waals surface area contributed by atoms with Crippen LogP contribution in [0.5, 0.6) is 0 Å². The minimum atomic E-state index is -0.556. The first-order valence-electron chi connectivity index (χ1n) is 4.28. The van der Waals surface area contributed by atoms with Gasteiger partial charge in [-0.25, -0.2) is 0 Å². The molecule has 0 bridgehead atoms. The Balaban J connectivity index is 2.79. The van der Waals surface area contributed by atoms with Crippen LogP contribution in [0, 0.1) is 0 Å². The molecule has 0 aliphatic rings. The third-order valence-electron chi connectivity index (χ3n) is 2.07. The maximum Gasteiger partial charge on any atom is 0.0704 e. The minimum Gasteiger partial charge on any atom is -0.392 e. The summed E-state index contributed by atoms with van der Waals surface area (Å²) in [6.45, 7) is 1.69. The fraction of sp³-hybridized carbons (Fsp3) is 0.400. The molecule has 0 aromatic heterocycles. The summed E-state index contributed by atoms with van der Waals surface area (Å²) in [6.07, 6.45) is -0.556. The van der Waals surface area contributed by atoms with E-state index in [2.05, 4.69) is 0 Å². The van der Waals surface area contributed by atoms with Crippen molar-refractivity contribution >= 4 is 0 Å². The van der Waals surface area contributed by atoms with E-state index in [9.17, 15) is 5.11 Å². The Morgan fingerprint density at radius 3 is 2.23 bits per heavy atom. The molecule has 1 rings (SSSR count). The quantitative estimate of drug-likeness (QED) is 0.638. The number of nitrogens with two attached hydrogens (primary N) is 1. The molecule has 1 aromatic rings. The zero-order chi connectivity index (χ0) is 9.84. The van der Waals surface area contributed by atoms with Crippen LogP contribution in [0.15, 0.2) is 24.3 Å². The van der Waals surface area contributed by atoms with E-state index < -0.39 is 6.10 Å². The smallest absolute Gasteiger partial charge is 0.0704 e. The van der Waals surface area contributed by atoms with E-state index in [0.29, 0.717) is 0 Å². The van der Waals surface area contributed by atoms with Gasteiger partial charge in [0.05, 0.1) is 18.8 Å². The highest BCUT2D eigenvalue weighted by Crippen LogP contribution is 2.14. The average Bonchev–Trinajstić information content (AvgIpc) is 2.17. The van der Waals surface area contributed by atoms with Gasteiger partial charge in [-0.1, -0.05) is 24.3 Å². The van der Waals surface area contributed by atoms with Crippen LogP contribution in [0.25, 0.3) is 0 Å². The van der Waals surface area contributed by atoms with Crippen molar-refractivity contribution in [2.75, 3.05) is 0 Å². The van der Waals surface area contributed by atoms with Crippen LogP contribution in [-0.2, 0) is 6.61 Å². The number of rotatable bonds is 3. The molecular weight excluding hydrogens is 166 g/mol. The molecule has 0 radical (unpaired) electrons. The van der Waals surface area contributed by atoms with Gasteiger partial charge in [0, 0.05) is 0 Å². The highest BCUT2D eigenvalue weighted by Gasteiger charge is 2.10. The zero-order valence-corrected chi connectivity index (χ0v) is 7.64. The molecule has 0 aliphatic heterocycles. The summed E-state index contributed by atoms with van der Waals surface area (Å²) in [4.78, 5) is 0. The second-order valence-electron chi connectivity index (χ2n) is 3.17. The maximum absolute atomic E-state index is 9.23. The summed E-state index contributed by atoms with van der Waals surface area (Å²) in [5, 5.41) is 18.0. The monoisotopic (exact) mass is 181 g/mol. The van der Waals surface area contributed by atoms with Gasteiger partial charge in [-0.05, 0) is 18.1 Å². The van der Waals surface area contributed by atoms with Crippen molar-refractivity contribution in [3.8, 4) is 0 Å². The van der Waals surface area contributed by atoms with Crippen molar-refractivity contribution < 1.29 is 10.2 Å². The summed E-state index contributed by atoms with van der Waals surface area (Å²) in [5.41, 5.74) is 7.45. The van der Waals surface area contributed by atoms with Crippen LogP contribution in [0.1, 0.15) is 24.1 Å². The number of hydrogen-bond acceptors (Lipinski definition) is 3. The summed E-state index contributed by atoms with van der Waals surface area (Å²) in [6, 6.07) is 6.90. The van der Waals surface area contributed by atoms with Gasteiger partial charge >= 0.3 is 0 Å². The molecule has 72 valence electrons. The molecule has 3 nitrogen and oxygen atoms in total. The molecule has 4 N–H and O–H groups in total. The molecule has 1 aromatic carbocycles. The fourth-order valence-electron chi connectivity index (χ4n) is 1.12. The summed E-state index contributed by atoms with van der Waals surface area (Å²) in [5.74, 6) is 0. The lowest BCUT2D eigenvalue weighted by molar-refractivity contribution is 0.164. The van der Waals surface area contributed by atoms with E-state index in [1.54, 1.807) is 19.1 Å². The highest BCUT2D eigenvalue weighted by atomic mass is 16.3. The molecule has 13 heavy (non-hydrogen) atoms. The number of aliphatic hydroxyl groups excluding tert-OH is 2. The van der Waals surface area contributed by atoms with Crippen LogP contribution in [0.2, 0.25) is 0 Å². The van der Waals surface area contributed by atoms with Gasteiger partial charge in [0.2, 0.25) is 0 Å². The molecule has 0 saturated carbocycles. The second-order valence-corrected chi connectivity index (χ2v) is 3.17. The van der Waals surface area contributed by atoms with Gasteiger partial charge in [-0.15, -0.1) is 0 Å². The predicted molar refractivity (Wildman–Crippen MR) is 51.0 cm³/mol. The van der Waals surface area contributed by atoms with Crippen molar-refractivity contribution in [2.24, 2.45) is 5.73 Å². The first-order valence-corrected chi connectivity index (χ1v) is 4.28. The Morgan fingerprint density at radius 2 is 1.85 bits per heavy atom. The molecule has 0 saturated heterocycles. The first-order chi connectivity index (χ1) is 6.15. The molecule has 0 spiro atoms. The Bertz CT molecular complexity index is 256. The predicted octanol–water partition coefficient (Wildman–Crippen LogP) is 0.560. The van der Waals surface area contributed by atoms with Crippen molar-refractivity contribution in [2.45, 2.75) is 25.7 Å². The lowest BCUT2D eigenvalue weighted by atomic mass is 10.0. The third kappa shape index (κ3) is 2.52. The lowest BCUT2D eigenvalue weighted by Gasteiger charge is -2.14. The Labute approximate surface area is 77.8 Å². The second kappa shape index (κ2) is 4.37. The number of benzene rings is 1. The Kier molecular flexibility index (Phi) is 3.42. The van der Waals surface area contributed by atoms with E-state index in [1.165, 1.54) is 0 Å².